The van der Waals surface area contributed by atoms with Crippen LogP contribution in [-0.4, -0.2) is 82.0 Å². The number of phenols is 3. The largest absolute Gasteiger partial charge is 0.504 e. The van der Waals surface area contributed by atoms with Gasteiger partial charge in [0, 0.05) is 42.0 Å². The number of anilines is 3. The average molecular weight is 1120 g/mol. The highest BCUT2D eigenvalue weighted by Crippen LogP contribution is 2.28. The minimum absolute atomic E-state index is 0.0510. The van der Waals surface area contributed by atoms with Gasteiger partial charge in [0.15, 0.2) is 23.0 Å². The van der Waals surface area contributed by atoms with E-state index in [1.54, 1.807) is 114 Å². The fraction of sp³-hybridized carbons (Fsp3) is 0.158. The van der Waals surface area contributed by atoms with Gasteiger partial charge < -0.3 is 39.5 Å². The van der Waals surface area contributed by atoms with Crippen LogP contribution >= 0.6 is 15.9 Å². The standard InChI is InChI=1S/C19H16FN3O3.C19H16FN3O2.C13H11BrFN3O.C6H6O2/c20-13-5-7-15(8-6-13)22-9-10-23-16(19(22)25)11-14(21-23)12-26-18-4-2-1-3-17(18)24;20-14-6-8-16(9-7-14)22-10-11-23-18(19(22)24)12-15(21-23)13-25-17-4-2-1-3-5-17;14-8-10-7-12-13(19)17(5-6-18(12)16-10)11-3-1-9(15)2-4-11;7-5-3-1-2-4-6(5)8/h1-8,11,24H,9-10,12H2;1-9,12H,10-11,13H2;1-4,7H,5-6,8H2;1-4,7-8H. The van der Waals surface area contributed by atoms with Crippen molar-refractivity contribution in [1.29, 1.82) is 0 Å². The molecule has 0 aliphatic carbocycles. The first-order valence-corrected chi connectivity index (χ1v) is 25.5. The number of phenolic OH excluding ortho intramolecular Hbond substituents is 3. The molecule has 0 spiro atoms. The maximum absolute atomic E-state index is 13.1. The molecule has 9 aromatic rings. The summed E-state index contributed by atoms with van der Waals surface area (Å²) in [5.74, 6) is -0.385. The summed E-state index contributed by atoms with van der Waals surface area (Å²) in [5.41, 5.74) is 5.72. The topological polar surface area (TPSA) is 194 Å². The SMILES string of the molecule is O=C1c2cc(CBr)nn2CCN1c1ccc(F)cc1.O=C1c2cc(COc3ccccc3)nn2CCN1c1ccc(F)cc1.O=C1c2cc(COc3ccccc3O)nn2CCN1c1ccc(F)cc1.Oc1ccccc1O. The monoisotopic (exact) mass is 1120 g/mol. The lowest BCUT2D eigenvalue weighted by molar-refractivity contribution is 0.0954. The Hall–Kier alpha value is -9.37. The van der Waals surface area contributed by atoms with Crippen LogP contribution in [0.5, 0.6) is 28.7 Å². The van der Waals surface area contributed by atoms with Crippen molar-refractivity contribution in [3.63, 3.8) is 0 Å². The van der Waals surface area contributed by atoms with Crippen molar-refractivity contribution in [2.45, 2.75) is 38.2 Å². The molecule has 0 radical (unpaired) electrons. The number of ether oxygens (including phenoxy) is 2. The molecule has 0 saturated carbocycles. The van der Waals surface area contributed by atoms with Crippen molar-refractivity contribution in [3.05, 3.63) is 221 Å². The quantitative estimate of drug-likeness (QED) is 0.0872. The van der Waals surface area contributed by atoms with Crippen molar-refractivity contribution in [2.24, 2.45) is 0 Å². The van der Waals surface area contributed by atoms with Crippen molar-refractivity contribution in [1.82, 2.24) is 29.3 Å². The van der Waals surface area contributed by atoms with Crippen LogP contribution in [0, 0.1) is 17.5 Å². The number of carbonyl (C=O) groups is 3. The molecule has 3 aromatic heterocycles. The number of hydrogen-bond acceptors (Lipinski definition) is 11. The zero-order valence-electron chi connectivity index (χ0n) is 41.4. The summed E-state index contributed by atoms with van der Waals surface area (Å²) in [6, 6.07) is 45.2. The Kier molecular flexibility index (Phi) is 16.8. The minimum atomic E-state index is -0.341. The first-order valence-electron chi connectivity index (χ1n) is 24.4. The number of carbonyl (C=O) groups excluding carboxylic acids is 3. The molecule has 12 rings (SSSR count). The Morgan fingerprint density at radius 3 is 1.15 bits per heavy atom. The summed E-state index contributed by atoms with van der Waals surface area (Å²) < 4.78 is 55.4. The Bertz CT molecular complexity index is 3500. The Morgan fingerprint density at radius 1 is 0.423 bits per heavy atom. The molecule has 0 saturated heterocycles. The molecule has 0 unspecified atom stereocenters. The second kappa shape index (κ2) is 24.5. The molecule has 0 bridgehead atoms. The zero-order chi connectivity index (χ0) is 54.7. The summed E-state index contributed by atoms with van der Waals surface area (Å²) in [7, 11) is 0. The highest BCUT2D eigenvalue weighted by Gasteiger charge is 2.30. The fourth-order valence-corrected chi connectivity index (χ4v) is 8.69. The molecule has 3 aliphatic heterocycles. The number of rotatable bonds is 10. The van der Waals surface area contributed by atoms with Crippen LogP contribution in [0.3, 0.4) is 0 Å². The summed E-state index contributed by atoms with van der Waals surface area (Å²) in [5, 5.41) is 40.9. The van der Waals surface area contributed by atoms with Crippen molar-refractivity contribution in [2.75, 3.05) is 34.3 Å². The molecule has 0 fully saturated rings. The van der Waals surface area contributed by atoms with E-state index in [4.69, 9.17) is 19.7 Å². The van der Waals surface area contributed by atoms with Gasteiger partial charge in [-0.2, -0.15) is 15.3 Å². The summed E-state index contributed by atoms with van der Waals surface area (Å²) >= 11 is 3.33. The zero-order valence-corrected chi connectivity index (χ0v) is 43.0. The van der Waals surface area contributed by atoms with Gasteiger partial charge in [-0.1, -0.05) is 58.4 Å². The number of nitrogens with zero attached hydrogens (tertiary/aromatic N) is 9. The van der Waals surface area contributed by atoms with Gasteiger partial charge in [-0.3, -0.25) is 28.4 Å². The molecule has 0 atom stereocenters. The van der Waals surface area contributed by atoms with Crippen LogP contribution in [0.15, 0.2) is 170 Å². The van der Waals surface area contributed by atoms with Gasteiger partial charge in [-0.25, -0.2) is 13.2 Å². The normalized spacial score (nSPS) is 13.4. The van der Waals surface area contributed by atoms with Crippen molar-refractivity contribution < 1.29 is 52.3 Å². The molecule has 78 heavy (non-hydrogen) atoms. The average Bonchev–Trinajstić information content (AvgIpc) is 4.29. The third-order valence-corrected chi connectivity index (χ3v) is 12.9. The lowest BCUT2D eigenvalue weighted by Gasteiger charge is -2.27. The maximum atomic E-state index is 13.1. The third-order valence-electron chi connectivity index (χ3n) is 12.3. The molecule has 6 heterocycles. The van der Waals surface area contributed by atoms with Gasteiger partial charge >= 0.3 is 0 Å². The molecule has 398 valence electrons. The number of aromatic hydroxyl groups is 3. The predicted molar refractivity (Wildman–Crippen MR) is 287 cm³/mol. The predicted octanol–water partition coefficient (Wildman–Crippen LogP) is 9.90. The smallest absolute Gasteiger partial charge is 0.276 e. The Balaban J connectivity index is 0.000000134. The van der Waals surface area contributed by atoms with Crippen LogP contribution in [-0.2, 0) is 38.2 Å². The van der Waals surface area contributed by atoms with Gasteiger partial charge in [0.25, 0.3) is 17.7 Å². The summed E-state index contributed by atoms with van der Waals surface area (Å²) in [6.07, 6.45) is 0. The van der Waals surface area contributed by atoms with E-state index in [0.717, 1.165) is 11.4 Å². The number of para-hydroxylation sites is 5. The molecule has 3 N–H and O–H groups in total. The number of halogens is 4. The highest BCUT2D eigenvalue weighted by molar-refractivity contribution is 9.08. The number of fused-ring (bicyclic) bond motifs is 3. The lowest BCUT2D eigenvalue weighted by atomic mass is 10.2. The second-order valence-corrected chi connectivity index (χ2v) is 18.1. The highest BCUT2D eigenvalue weighted by atomic mass is 79.9. The molecule has 17 nitrogen and oxygen atoms in total. The first-order chi connectivity index (χ1) is 37.8. The van der Waals surface area contributed by atoms with Gasteiger partial charge in [0.1, 0.15) is 64.9 Å². The first kappa shape index (κ1) is 53.5. The maximum Gasteiger partial charge on any atom is 0.276 e. The number of hydrogen-bond donors (Lipinski definition) is 3. The van der Waals surface area contributed by atoms with Gasteiger partial charge in [0.05, 0.1) is 25.3 Å². The van der Waals surface area contributed by atoms with Crippen LogP contribution in [0.25, 0.3) is 0 Å². The summed E-state index contributed by atoms with van der Waals surface area (Å²) in [6.45, 7) is 3.71. The fourth-order valence-electron chi connectivity index (χ4n) is 8.42. The van der Waals surface area contributed by atoms with Crippen molar-refractivity contribution >= 4 is 50.7 Å². The number of benzene rings is 6. The Labute approximate surface area is 453 Å². The van der Waals surface area contributed by atoms with Gasteiger partial charge in [0.2, 0.25) is 0 Å². The van der Waals surface area contributed by atoms with E-state index in [2.05, 4.69) is 31.2 Å². The van der Waals surface area contributed by atoms with Gasteiger partial charge in [-0.15, -0.1) is 0 Å². The molecule has 21 heteroatoms. The molecular formula is C57H49BrF3N9O8. The van der Waals surface area contributed by atoms with E-state index in [9.17, 15) is 32.7 Å². The molecular weight excluding hydrogens is 1080 g/mol. The molecule has 6 aromatic carbocycles. The molecule has 3 aliphatic rings. The van der Waals surface area contributed by atoms with E-state index in [1.807, 2.05) is 30.3 Å². The number of alkyl halides is 1. The van der Waals surface area contributed by atoms with Crippen LogP contribution in [0.1, 0.15) is 48.5 Å². The van der Waals surface area contributed by atoms with E-state index >= 15 is 0 Å². The van der Waals surface area contributed by atoms with Crippen LogP contribution < -0.4 is 24.2 Å². The van der Waals surface area contributed by atoms with E-state index in [-0.39, 0.29) is 59.0 Å². The minimum Gasteiger partial charge on any atom is -0.504 e. The second-order valence-electron chi connectivity index (χ2n) is 17.5. The van der Waals surface area contributed by atoms with E-state index < -0.39 is 0 Å². The van der Waals surface area contributed by atoms with Crippen LogP contribution in [0.4, 0.5) is 30.2 Å². The van der Waals surface area contributed by atoms with E-state index in [1.165, 1.54) is 54.6 Å². The van der Waals surface area contributed by atoms with Crippen LogP contribution in [0.2, 0.25) is 0 Å². The van der Waals surface area contributed by atoms with Crippen molar-refractivity contribution in [3.8, 4) is 28.7 Å². The molecule has 3 amide bonds. The number of aromatic nitrogens is 6. The Morgan fingerprint density at radius 2 is 0.769 bits per heavy atom. The third kappa shape index (κ3) is 12.8. The number of amides is 3. The van der Waals surface area contributed by atoms with Gasteiger partial charge in [-0.05, 0) is 127 Å². The lowest BCUT2D eigenvalue weighted by Crippen LogP contribution is -2.40. The van der Waals surface area contributed by atoms with E-state index in [0.29, 0.717) is 102 Å². The summed E-state index contributed by atoms with van der Waals surface area (Å²) in [4.78, 5) is 42.7.